The molecule has 4 rings (SSSR count). The summed E-state index contributed by atoms with van der Waals surface area (Å²) in [6, 6.07) is 5.17. The van der Waals surface area contributed by atoms with Gasteiger partial charge in [-0.05, 0) is 49.4 Å². The highest BCUT2D eigenvalue weighted by Gasteiger charge is 2.57. The quantitative estimate of drug-likeness (QED) is 0.852. The van der Waals surface area contributed by atoms with Gasteiger partial charge in [0, 0.05) is 11.2 Å². The van der Waals surface area contributed by atoms with E-state index in [-0.39, 0.29) is 17.6 Å². The van der Waals surface area contributed by atoms with Crippen LogP contribution in [0.15, 0.2) is 30.6 Å². The predicted octanol–water partition coefficient (Wildman–Crippen LogP) is 3.13. The highest BCUT2D eigenvalue weighted by atomic mass is 35.5. The minimum Gasteiger partial charge on any atom is -0.343 e. The van der Waals surface area contributed by atoms with E-state index in [4.69, 9.17) is 23.2 Å². The zero-order chi connectivity index (χ0) is 17.1. The van der Waals surface area contributed by atoms with Crippen molar-refractivity contribution in [2.24, 2.45) is 5.92 Å². The highest BCUT2D eigenvalue weighted by Crippen LogP contribution is 2.46. The van der Waals surface area contributed by atoms with Crippen molar-refractivity contribution in [3.8, 4) is 5.69 Å². The maximum absolute atomic E-state index is 12.9. The van der Waals surface area contributed by atoms with Gasteiger partial charge in [-0.3, -0.25) is 9.59 Å². The Labute approximate surface area is 148 Å². The van der Waals surface area contributed by atoms with Crippen LogP contribution < -0.4 is 5.32 Å². The van der Waals surface area contributed by atoms with Gasteiger partial charge < -0.3 is 5.32 Å². The van der Waals surface area contributed by atoms with E-state index in [1.165, 1.54) is 6.20 Å². The van der Waals surface area contributed by atoms with E-state index in [9.17, 15) is 9.59 Å². The topological polar surface area (TPSA) is 64.0 Å². The van der Waals surface area contributed by atoms with E-state index in [1.54, 1.807) is 29.1 Å². The molecule has 1 saturated carbocycles. The predicted molar refractivity (Wildman–Crippen MR) is 90.6 cm³/mol. The third kappa shape index (κ3) is 2.34. The van der Waals surface area contributed by atoms with Gasteiger partial charge in [-0.15, -0.1) is 0 Å². The Bertz CT molecular complexity index is 859. The summed E-state index contributed by atoms with van der Waals surface area (Å²) in [6.07, 6.45) is 5.11. The highest BCUT2D eigenvalue weighted by molar-refractivity contribution is 6.33. The molecular formula is C17H15Cl2N3O2. The lowest BCUT2D eigenvalue weighted by molar-refractivity contribution is -0.125. The number of nitrogens with zero attached hydrogens (tertiary/aromatic N) is 2. The maximum atomic E-state index is 12.9. The summed E-state index contributed by atoms with van der Waals surface area (Å²) in [6.45, 7) is 1.82. The van der Waals surface area contributed by atoms with E-state index in [2.05, 4.69) is 10.4 Å². The summed E-state index contributed by atoms with van der Waals surface area (Å²) in [4.78, 5) is 25.4. The molecular weight excluding hydrogens is 349 g/mol. The van der Waals surface area contributed by atoms with Crippen LogP contribution in [0, 0.1) is 5.92 Å². The third-order valence-corrected chi connectivity index (χ3v) is 5.46. The Hall–Kier alpha value is -1.85. The second-order valence-electron chi connectivity index (χ2n) is 6.57. The van der Waals surface area contributed by atoms with Crippen molar-refractivity contribution in [3.63, 3.8) is 0 Å². The van der Waals surface area contributed by atoms with Gasteiger partial charge in [0.2, 0.25) is 5.91 Å². The van der Waals surface area contributed by atoms with Crippen molar-refractivity contribution in [2.45, 2.75) is 31.2 Å². The van der Waals surface area contributed by atoms with Gasteiger partial charge >= 0.3 is 0 Å². The number of aromatic nitrogens is 2. The van der Waals surface area contributed by atoms with E-state index in [1.807, 2.05) is 6.92 Å². The van der Waals surface area contributed by atoms with Crippen LogP contribution in [-0.4, -0.2) is 27.0 Å². The summed E-state index contributed by atoms with van der Waals surface area (Å²) < 4.78 is 1.58. The molecule has 1 aliphatic heterocycles. The van der Waals surface area contributed by atoms with Crippen LogP contribution in [-0.2, 0) is 9.59 Å². The van der Waals surface area contributed by atoms with E-state index in [0.29, 0.717) is 21.3 Å². The van der Waals surface area contributed by atoms with E-state index in [0.717, 1.165) is 12.8 Å². The van der Waals surface area contributed by atoms with Crippen LogP contribution in [0.5, 0.6) is 0 Å². The molecule has 2 fully saturated rings. The Morgan fingerprint density at radius 2 is 2.04 bits per heavy atom. The fourth-order valence-electron chi connectivity index (χ4n) is 3.39. The molecule has 2 heterocycles. The second-order valence-corrected chi connectivity index (χ2v) is 7.42. The Balaban J connectivity index is 1.76. The van der Waals surface area contributed by atoms with Crippen LogP contribution in [0.2, 0.25) is 10.0 Å². The second kappa shape index (κ2) is 5.33. The number of ketones is 1. The number of carbonyl (C=O) groups excluding carboxylic acids is 2. The molecule has 124 valence electrons. The monoisotopic (exact) mass is 363 g/mol. The molecule has 2 aliphatic rings. The molecule has 0 bridgehead atoms. The summed E-state index contributed by atoms with van der Waals surface area (Å²) in [5.74, 6) is -1.04. The number of amides is 1. The largest absolute Gasteiger partial charge is 0.343 e. The lowest BCUT2D eigenvalue weighted by Crippen LogP contribution is -2.45. The number of halogens is 2. The Morgan fingerprint density at radius 3 is 2.67 bits per heavy atom. The van der Waals surface area contributed by atoms with Crippen LogP contribution >= 0.6 is 23.2 Å². The average molecular weight is 364 g/mol. The third-order valence-electron chi connectivity index (χ3n) is 4.92. The van der Waals surface area contributed by atoms with Gasteiger partial charge in [0.15, 0.2) is 5.78 Å². The number of hydrogen-bond acceptors (Lipinski definition) is 3. The molecule has 0 spiro atoms. The maximum Gasteiger partial charge on any atom is 0.236 e. The minimum atomic E-state index is -0.880. The molecule has 1 N–H and O–H groups in total. The SMILES string of the molecule is CC1(C2CC2)NC(=O)C(c2cc(-n3cc(Cl)cn3)ccc2Cl)C1=O. The zero-order valence-corrected chi connectivity index (χ0v) is 14.4. The summed E-state index contributed by atoms with van der Waals surface area (Å²) in [5.41, 5.74) is 0.422. The molecule has 1 aromatic carbocycles. The molecule has 24 heavy (non-hydrogen) atoms. The first-order valence-corrected chi connectivity index (χ1v) is 8.52. The van der Waals surface area contributed by atoms with Crippen molar-refractivity contribution in [1.29, 1.82) is 0 Å². The Morgan fingerprint density at radius 1 is 1.29 bits per heavy atom. The van der Waals surface area contributed by atoms with Gasteiger partial charge in [-0.2, -0.15) is 5.10 Å². The molecule has 5 nitrogen and oxygen atoms in total. The van der Waals surface area contributed by atoms with Crippen molar-refractivity contribution in [2.75, 3.05) is 0 Å². The van der Waals surface area contributed by atoms with Crippen LogP contribution in [0.3, 0.4) is 0 Å². The summed E-state index contributed by atoms with van der Waals surface area (Å²) in [7, 11) is 0. The molecule has 0 radical (unpaired) electrons. The van der Waals surface area contributed by atoms with Gasteiger partial charge in [0.05, 0.1) is 22.4 Å². The van der Waals surface area contributed by atoms with Crippen molar-refractivity contribution in [3.05, 3.63) is 46.2 Å². The number of carbonyl (C=O) groups is 2. The molecule has 1 saturated heterocycles. The van der Waals surface area contributed by atoms with Gasteiger partial charge in [0.25, 0.3) is 0 Å². The zero-order valence-electron chi connectivity index (χ0n) is 12.9. The van der Waals surface area contributed by atoms with Gasteiger partial charge in [-0.1, -0.05) is 23.2 Å². The van der Waals surface area contributed by atoms with Gasteiger partial charge in [0.1, 0.15) is 5.92 Å². The van der Waals surface area contributed by atoms with Crippen LogP contribution in [0.25, 0.3) is 5.69 Å². The number of rotatable bonds is 3. The number of benzene rings is 1. The first-order valence-electron chi connectivity index (χ1n) is 7.76. The molecule has 7 heteroatoms. The molecule has 1 aliphatic carbocycles. The van der Waals surface area contributed by atoms with Crippen molar-refractivity contribution >= 4 is 34.9 Å². The standard InChI is InChI=1S/C17H15Cl2N3O2/c1-17(9-2-3-9)15(23)14(16(24)21-17)12-6-11(4-5-13(12)19)22-8-10(18)7-20-22/h4-9,14H,2-3H2,1H3,(H,21,24). The number of nitrogens with one attached hydrogen (secondary N) is 1. The average Bonchev–Trinajstić information content (AvgIpc) is 3.27. The molecule has 1 amide bonds. The Kier molecular flexibility index (Phi) is 3.48. The van der Waals surface area contributed by atoms with Crippen molar-refractivity contribution < 1.29 is 9.59 Å². The first-order chi connectivity index (χ1) is 11.4. The van der Waals surface area contributed by atoms with Crippen molar-refractivity contribution in [1.82, 2.24) is 15.1 Å². The number of hydrogen-bond donors (Lipinski definition) is 1. The minimum absolute atomic E-state index is 0.104. The van der Waals surface area contributed by atoms with Gasteiger partial charge in [-0.25, -0.2) is 4.68 Å². The first kappa shape index (κ1) is 15.7. The van der Waals surface area contributed by atoms with E-state index < -0.39 is 11.5 Å². The molecule has 2 atom stereocenters. The fraction of sp³-hybridized carbons (Fsp3) is 0.353. The lowest BCUT2D eigenvalue weighted by atomic mass is 9.85. The smallest absolute Gasteiger partial charge is 0.236 e. The number of Topliss-reactive ketones (excluding diaryl/α,β-unsaturated/α-hetero) is 1. The molecule has 2 unspecified atom stereocenters. The van der Waals surface area contributed by atoms with E-state index >= 15 is 0 Å². The van der Waals surface area contributed by atoms with Crippen LogP contribution in [0.4, 0.5) is 0 Å². The fourth-order valence-corrected chi connectivity index (χ4v) is 3.75. The normalized spacial score (nSPS) is 26.7. The lowest BCUT2D eigenvalue weighted by Gasteiger charge is -2.21. The summed E-state index contributed by atoms with van der Waals surface area (Å²) >= 11 is 12.2. The van der Waals surface area contributed by atoms with Crippen LogP contribution in [0.1, 0.15) is 31.2 Å². The molecule has 1 aromatic heterocycles. The molecule has 2 aromatic rings. The summed E-state index contributed by atoms with van der Waals surface area (Å²) in [5, 5.41) is 7.93.